The summed E-state index contributed by atoms with van der Waals surface area (Å²) in [5.41, 5.74) is 3.26. The summed E-state index contributed by atoms with van der Waals surface area (Å²) in [5.74, 6) is 1.33. The average Bonchev–Trinajstić information content (AvgIpc) is 3.17. The molecule has 0 aliphatic carbocycles. The van der Waals surface area contributed by atoms with E-state index in [-0.39, 0.29) is 0 Å². The Kier molecular flexibility index (Phi) is 3.43. The summed E-state index contributed by atoms with van der Waals surface area (Å²) >= 11 is 8.49. The molecule has 3 nitrogen and oxygen atoms in total. The summed E-state index contributed by atoms with van der Waals surface area (Å²) < 4.78 is 12.3. The summed E-state index contributed by atoms with van der Waals surface area (Å²) in [5, 5.41) is 0.623. The van der Waals surface area contributed by atoms with Gasteiger partial charge in [-0.25, -0.2) is 4.98 Å². The maximum atomic E-state index is 6.25. The van der Waals surface area contributed by atoms with E-state index in [9.17, 15) is 0 Å². The van der Waals surface area contributed by atoms with Gasteiger partial charge in [-0.15, -0.1) is 0 Å². The molecule has 2 aromatic heterocycles. The second-order valence-electron chi connectivity index (χ2n) is 4.80. The van der Waals surface area contributed by atoms with Crippen molar-refractivity contribution in [2.24, 2.45) is 0 Å². The first kappa shape index (κ1) is 13.8. The van der Waals surface area contributed by atoms with Crippen molar-refractivity contribution < 1.29 is 8.83 Å². The molecule has 4 rings (SSSR count). The van der Waals surface area contributed by atoms with Gasteiger partial charge in [-0.05, 0) is 71.1 Å². The van der Waals surface area contributed by atoms with E-state index in [1.807, 2.05) is 48.5 Å². The molecular formula is C17H9ClINO2. The summed E-state index contributed by atoms with van der Waals surface area (Å²) in [6.07, 6.45) is 1.65. The molecule has 0 bridgehead atoms. The van der Waals surface area contributed by atoms with Crippen LogP contribution < -0.4 is 0 Å². The maximum Gasteiger partial charge on any atom is 0.228 e. The minimum absolute atomic E-state index is 0.523. The fraction of sp³-hybridized carbons (Fsp3) is 0. The van der Waals surface area contributed by atoms with Crippen molar-refractivity contribution in [2.75, 3.05) is 0 Å². The summed E-state index contributed by atoms with van der Waals surface area (Å²) in [6, 6.07) is 15.3. The van der Waals surface area contributed by atoms with Gasteiger partial charge in [0.1, 0.15) is 11.3 Å². The lowest BCUT2D eigenvalue weighted by atomic mass is 10.1. The van der Waals surface area contributed by atoms with Gasteiger partial charge >= 0.3 is 0 Å². The summed E-state index contributed by atoms with van der Waals surface area (Å²) in [4.78, 5) is 4.56. The SMILES string of the molecule is Clc1ccc(I)cc1-c1nc2cc(-c3ccco3)ccc2o1. The zero-order valence-electron chi connectivity index (χ0n) is 11.2. The monoisotopic (exact) mass is 421 g/mol. The Labute approximate surface area is 145 Å². The van der Waals surface area contributed by atoms with Crippen molar-refractivity contribution >= 4 is 45.3 Å². The van der Waals surface area contributed by atoms with Gasteiger partial charge in [0.15, 0.2) is 5.58 Å². The molecule has 2 heterocycles. The molecule has 2 aromatic carbocycles. The zero-order chi connectivity index (χ0) is 15.1. The highest BCUT2D eigenvalue weighted by atomic mass is 127. The Morgan fingerprint density at radius 2 is 1.95 bits per heavy atom. The van der Waals surface area contributed by atoms with Crippen molar-refractivity contribution in [1.82, 2.24) is 4.98 Å². The molecule has 4 aromatic rings. The molecule has 108 valence electrons. The molecule has 5 heteroatoms. The Hall–Kier alpha value is -1.79. The number of furan rings is 1. The Morgan fingerprint density at radius 3 is 2.77 bits per heavy atom. The van der Waals surface area contributed by atoms with Crippen LogP contribution in [0.1, 0.15) is 0 Å². The average molecular weight is 422 g/mol. The third-order valence-electron chi connectivity index (χ3n) is 3.35. The lowest BCUT2D eigenvalue weighted by Gasteiger charge is -1.99. The molecule has 0 fully saturated rings. The number of halogens is 2. The largest absolute Gasteiger partial charge is 0.464 e. The molecule has 0 saturated heterocycles. The molecule has 0 saturated carbocycles. The van der Waals surface area contributed by atoms with Crippen molar-refractivity contribution in [2.45, 2.75) is 0 Å². The number of benzene rings is 2. The van der Waals surface area contributed by atoms with Crippen molar-refractivity contribution in [3.63, 3.8) is 0 Å². The van der Waals surface area contributed by atoms with Crippen LogP contribution in [0.25, 0.3) is 33.9 Å². The normalized spacial score (nSPS) is 11.2. The highest BCUT2D eigenvalue weighted by molar-refractivity contribution is 14.1. The van der Waals surface area contributed by atoms with Gasteiger partial charge in [0.05, 0.1) is 16.8 Å². The number of aromatic nitrogens is 1. The van der Waals surface area contributed by atoms with Crippen LogP contribution in [-0.4, -0.2) is 4.98 Å². The molecule has 22 heavy (non-hydrogen) atoms. The minimum Gasteiger partial charge on any atom is -0.464 e. The predicted octanol–water partition coefficient (Wildman–Crippen LogP) is 6.01. The molecule has 0 N–H and O–H groups in total. The summed E-state index contributed by atoms with van der Waals surface area (Å²) in [6.45, 7) is 0. The molecule has 0 aliphatic heterocycles. The Morgan fingerprint density at radius 1 is 1.05 bits per heavy atom. The van der Waals surface area contributed by atoms with Crippen LogP contribution in [0.2, 0.25) is 5.02 Å². The fourth-order valence-corrected chi connectivity index (χ4v) is 2.99. The molecule has 0 radical (unpaired) electrons. The van der Waals surface area contributed by atoms with Gasteiger partial charge in [-0.2, -0.15) is 0 Å². The third kappa shape index (κ3) is 2.42. The summed E-state index contributed by atoms with van der Waals surface area (Å²) in [7, 11) is 0. The van der Waals surface area contributed by atoms with Crippen molar-refractivity contribution in [3.05, 3.63) is 63.4 Å². The van der Waals surface area contributed by atoms with Gasteiger partial charge in [-0.1, -0.05) is 11.6 Å². The topological polar surface area (TPSA) is 39.2 Å². The van der Waals surface area contributed by atoms with Crippen LogP contribution in [0.5, 0.6) is 0 Å². The van der Waals surface area contributed by atoms with E-state index < -0.39 is 0 Å². The van der Waals surface area contributed by atoms with Crippen LogP contribution in [0.4, 0.5) is 0 Å². The standard InChI is InChI=1S/C17H9ClINO2/c18-13-5-4-11(19)9-12(13)17-20-14-8-10(3-6-16(14)22-17)15-2-1-7-21-15/h1-9H. The van der Waals surface area contributed by atoms with Crippen molar-refractivity contribution in [3.8, 4) is 22.8 Å². The van der Waals surface area contributed by atoms with Crippen LogP contribution in [0.15, 0.2) is 63.6 Å². The molecule has 0 spiro atoms. The van der Waals surface area contributed by atoms with Crippen molar-refractivity contribution in [1.29, 1.82) is 0 Å². The minimum atomic E-state index is 0.523. The van der Waals surface area contributed by atoms with E-state index in [1.165, 1.54) is 0 Å². The maximum absolute atomic E-state index is 6.25. The number of oxazole rings is 1. The van der Waals surface area contributed by atoms with Gasteiger partial charge in [0.2, 0.25) is 5.89 Å². The molecule has 0 aliphatic rings. The number of nitrogens with zero attached hydrogens (tertiary/aromatic N) is 1. The van der Waals surface area contributed by atoms with Gasteiger partial charge in [0.25, 0.3) is 0 Å². The van der Waals surface area contributed by atoms with E-state index in [1.54, 1.807) is 6.26 Å². The van der Waals surface area contributed by atoms with Gasteiger partial charge in [-0.3, -0.25) is 0 Å². The number of hydrogen-bond donors (Lipinski definition) is 0. The van der Waals surface area contributed by atoms with Gasteiger partial charge < -0.3 is 8.83 Å². The smallest absolute Gasteiger partial charge is 0.228 e. The Balaban J connectivity index is 1.85. The second-order valence-corrected chi connectivity index (χ2v) is 6.46. The van der Waals surface area contributed by atoms with Crippen LogP contribution >= 0.6 is 34.2 Å². The number of rotatable bonds is 2. The fourth-order valence-electron chi connectivity index (χ4n) is 2.30. The first-order chi connectivity index (χ1) is 10.7. The first-order valence-electron chi connectivity index (χ1n) is 6.60. The lowest BCUT2D eigenvalue weighted by molar-refractivity contribution is 0.582. The predicted molar refractivity (Wildman–Crippen MR) is 94.9 cm³/mol. The molecular weight excluding hydrogens is 413 g/mol. The Bertz CT molecular complexity index is 960. The molecule has 0 atom stereocenters. The second kappa shape index (κ2) is 5.44. The highest BCUT2D eigenvalue weighted by Crippen LogP contribution is 2.32. The molecule has 0 unspecified atom stereocenters. The third-order valence-corrected chi connectivity index (χ3v) is 4.35. The van der Waals surface area contributed by atoms with E-state index >= 15 is 0 Å². The number of hydrogen-bond acceptors (Lipinski definition) is 3. The van der Waals surface area contributed by atoms with Crippen LogP contribution in [-0.2, 0) is 0 Å². The van der Waals surface area contributed by atoms with E-state index in [4.69, 9.17) is 20.4 Å². The molecule has 0 amide bonds. The first-order valence-corrected chi connectivity index (χ1v) is 8.06. The van der Waals surface area contributed by atoms with E-state index in [0.717, 1.165) is 31.6 Å². The lowest BCUT2D eigenvalue weighted by Crippen LogP contribution is -1.81. The quantitative estimate of drug-likeness (QED) is 0.372. The highest BCUT2D eigenvalue weighted by Gasteiger charge is 2.13. The number of fused-ring (bicyclic) bond motifs is 1. The van der Waals surface area contributed by atoms with E-state index in [2.05, 4.69) is 27.6 Å². The van der Waals surface area contributed by atoms with Crippen LogP contribution in [0.3, 0.4) is 0 Å². The zero-order valence-corrected chi connectivity index (χ0v) is 14.1. The van der Waals surface area contributed by atoms with E-state index in [0.29, 0.717) is 10.9 Å². The van der Waals surface area contributed by atoms with Crippen LogP contribution in [0, 0.1) is 3.57 Å². The van der Waals surface area contributed by atoms with Gasteiger partial charge in [0, 0.05) is 9.13 Å².